The third kappa shape index (κ3) is 2.43. The van der Waals surface area contributed by atoms with E-state index in [1.54, 1.807) is 4.90 Å². The Morgan fingerprint density at radius 1 is 1.17 bits per heavy atom. The Kier molecular flexibility index (Phi) is 3.59. The molecule has 1 N–H and O–H groups in total. The molecule has 5 heteroatoms. The van der Waals surface area contributed by atoms with Gasteiger partial charge in [-0.25, -0.2) is 0 Å². The third-order valence-electron chi connectivity index (χ3n) is 5.12. The van der Waals surface area contributed by atoms with Crippen LogP contribution < -0.4 is 5.32 Å². The highest BCUT2D eigenvalue weighted by Crippen LogP contribution is 2.42. The number of nitrogens with one attached hydrogen (secondary N) is 1. The van der Waals surface area contributed by atoms with Gasteiger partial charge >= 0.3 is 0 Å². The van der Waals surface area contributed by atoms with Gasteiger partial charge in [-0.15, -0.1) is 0 Å². The molecule has 0 bridgehead atoms. The number of benzene rings is 1. The number of hydrogen-bond acceptors (Lipinski definition) is 3. The lowest BCUT2D eigenvalue weighted by Gasteiger charge is -2.39. The zero-order valence-corrected chi connectivity index (χ0v) is 14.9. The topological polar surface area (TPSA) is 66.5 Å². The van der Waals surface area contributed by atoms with Crippen LogP contribution >= 0.6 is 0 Å². The maximum absolute atomic E-state index is 13.1. The van der Waals surface area contributed by atoms with Crippen molar-refractivity contribution in [3.8, 4) is 0 Å². The van der Waals surface area contributed by atoms with Crippen LogP contribution in [-0.4, -0.2) is 28.7 Å². The van der Waals surface area contributed by atoms with Gasteiger partial charge in [0.2, 0.25) is 11.8 Å². The summed E-state index contributed by atoms with van der Waals surface area (Å²) in [5, 5.41) is 2.36. The van der Waals surface area contributed by atoms with Gasteiger partial charge in [0, 0.05) is 12.0 Å². The van der Waals surface area contributed by atoms with Crippen LogP contribution in [0, 0.1) is 0 Å². The highest BCUT2D eigenvalue weighted by molar-refractivity contribution is 6.06. The van der Waals surface area contributed by atoms with Gasteiger partial charge in [-0.3, -0.25) is 19.7 Å². The fourth-order valence-electron chi connectivity index (χ4n) is 3.69. The van der Waals surface area contributed by atoms with Crippen LogP contribution in [-0.2, 0) is 20.5 Å². The second-order valence-electron chi connectivity index (χ2n) is 8.21. The zero-order valence-electron chi connectivity index (χ0n) is 14.9. The summed E-state index contributed by atoms with van der Waals surface area (Å²) in [5.41, 5.74) is 2.06. The first kappa shape index (κ1) is 16.7. The smallest absolute Gasteiger partial charge is 0.255 e. The van der Waals surface area contributed by atoms with Crippen molar-refractivity contribution in [2.24, 2.45) is 0 Å². The van der Waals surface area contributed by atoms with Crippen LogP contribution in [0.4, 0.5) is 0 Å². The fraction of sp³-hybridized carbons (Fsp3) is 0.526. The molecule has 0 aromatic heterocycles. The van der Waals surface area contributed by atoms with Gasteiger partial charge in [-0.1, -0.05) is 32.9 Å². The summed E-state index contributed by atoms with van der Waals surface area (Å²) in [6, 6.07) is 5.41. The first-order chi connectivity index (χ1) is 11.0. The van der Waals surface area contributed by atoms with E-state index >= 15 is 0 Å². The van der Waals surface area contributed by atoms with Crippen LogP contribution in [0.2, 0.25) is 0 Å². The summed E-state index contributed by atoms with van der Waals surface area (Å²) in [5.74, 6) is -0.777. The van der Waals surface area contributed by atoms with Gasteiger partial charge in [0.1, 0.15) is 6.04 Å². The van der Waals surface area contributed by atoms with Crippen molar-refractivity contribution >= 4 is 17.7 Å². The highest BCUT2D eigenvalue weighted by Gasteiger charge is 2.49. The van der Waals surface area contributed by atoms with E-state index in [0.29, 0.717) is 12.0 Å². The summed E-state index contributed by atoms with van der Waals surface area (Å²) in [7, 11) is 0. The second-order valence-corrected chi connectivity index (χ2v) is 8.21. The van der Waals surface area contributed by atoms with Gasteiger partial charge in [0.15, 0.2) is 0 Å². The standard InChI is InChI=1S/C19H24N2O3/c1-18(2,3)11-6-7-13-12(10-11)17(24)21(19(13,4)5)14-8-9-15(22)20-16(14)23/h6-7,10,14H,8-9H2,1-5H3,(H,20,22,23). The maximum Gasteiger partial charge on any atom is 0.255 e. The number of hydrogen-bond donors (Lipinski definition) is 1. The van der Waals surface area contributed by atoms with E-state index in [1.165, 1.54) is 0 Å². The molecule has 24 heavy (non-hydrogen) atoms. The Labute approximate surface area is 142 Å². The van der Waals surface area contributed by atoms with Crippen molar-refractivity contribution in [2.75, 3.05) is 0 Å². The van der Waals surface area contributed by atoms with Crippen LogP contribution in [0.25, 0.3) is 0 Å². The monoisotopic (exact) mass is 328 g/mol. The van der Waals surface area contributed by atoms with Crippen molar-refractivity contribution < 1.29 is 14.4 Å². The Morgan fingerprint density at radius 2 is 1.83 bits per heavy atom. The van der Waals surface area contributed by atoms with E-state index in [4.69, 9.17) is 0 Å². The van der Waals surface area contributed by atoms with Crippen LogP contribution in [0.5, 0.6) is 0 Å². The minimum absolute atomic E-state index is 0.0541. The van der Waals surface area contributed by atoms with Crippen LogP contribution in [0.3, 0.4) is 0 Å². The third-order valence-corrected chi connectivity index (χ3v) is 5.12. The molecule has 0 aliphatic carbocycles. The SMILES string of the molecule is CC(C)(C)c1ccc2c(c1)C(=O)N(C1CCC(=O)NC1=O)C2(C)C. The molecule has 2 aliphatic heterocycles. The molecule has 3 rings (SSSR count). The van der Waals surface area contributed by atoms with E-state index in [2.05, 4.69) is 32.2 Å². The summed E-state index contributed by atoms with van der Waals surface area (Å²) in [6.45, 7) is 10.2. The quantitative estimate of drug-likeness (QED) is 0.806. The zero-order chi connectivity index (χ0) is 17.9. The Balaban J connectivity index is 2.04. The molecule has 1 unspecified atom stereocenters. The van der Waals surface area contributed by atoms with Gasteiger partial charge in [0.25, 0.3) is 5.91 Å². The molecular weight excluding hydrogens is 304 g/mol. The van der Waals surface area contributed by atoms with Gasteiger partial charge in [0.05, 0.1) is 5.54 Å². The summed E-state index contributed by atoms with van der Waals surface area (Å²) < 4.78 is 0. The first-order valence-corrected chi connectivity index (χ1v) is 8.36. The average molecular weight is 328 g/mol. The van der Waals surface area contributed by atoms with E-state index in [-0.39, 0.29) is 29.6 Å². The molecule has 3 amide bonds. The van der Waals surface area contributed by atoms with E-state index < -0.39 is 11.6 Å². The average Bonchev–Trinajstić information content (AvgIpc) is 2.66. The second kappa shape index (κ2) is 5.16. The largest absolute Gasteiger partial charge is 0.317 e. The first-order valence-electron chi connectivity index (χ1n) is 8.36. The van der Waals surface area contributed by atoms with Crippen molar-refractivity contribution in [2.45, 2.75) is 64.5 Å². The molecule has 1 aromatic rings. The summed E-state index contributed by atoms with van der Waals surface area (Å²) in [6.07, 6.45) is 0.639. The van der Waals surface area contributed by atoms with E-state index in [9.17, 15) is 14.4 Å². The molecule has 5 nitrogen and oxygen atoms in total. The minimum Gasteiger partial charge on any atom is -0.317 e. The molecule has 0 saturated carbocycles. The predicted octanol–water partition coefficient (Wildman–Crippen LogP) is 2.48. The van der Waals surface area contributed by atoms with Crippen LogP contribution in [0.1, 0.15) is 68.9 Å². The molecular formula is C19H24N2O3. The number of carbonyl (C=O) groups excluding carboxylic acids is 3. The molecule has 2 heterocycles. The Hall–Kier alpha value is -2.17. The lowest BCUT2D eigenvalue weighted by Crippen LogP contribution is -2.57. The van der Waals surface area contributed by atoms with Crippen molar-refractivity contribution in [3.05, 3.63) is 34.9 Å². The number of piperidine rings is 1. The highest BCUT2D eigenvalue weighted by atomic mass is 16.2. The van der Waals surface area contributed by atoms with E-state index in [1.807, 2.05) is 26.0 Å². The summed E-state index contributed by atoms with van der Waals surface area (Å²) in [4.78, 5) is 38.4. The lowest BCUT2D eigenvalue weighted by molar-refractivity contribution is -0.138. The minimum atomic E-state index is -0.601. The summed E-state index contributed by atoms with van der Waals surface area (Å²) >= 11 is 0. The number of fused-ring (bicyclic) bond motifs is 1. The van der Waals surface area contributed by atoms with Crippen molar-refractivity contribution in [1.29, 1.82) is 0 Å². The molecule has 1 atom stereocenters. The molecule has 128 valence electrons. The Morgan fingerprint density at radius 3 is 2.42 bits per heavy atom. The molecule has 1 aromatic carbocycles. The molecule has 1 saturated heterocycles. The van der Waals surface area contributed by atoms with Gasteiger partial charge < -0.3 is 4.90 Å². The van der Waals surface area contributed by atoms with Gasteiger partial charge in [-0.2, -0.15) is 0 Å². The van der Waals surface area contributed by atoms with Gasteiger partial charge in [-0.05, 0) is 42.9 Å². The number of rotatable bonds is 1. The molecule has 0 radical (unpaired) electrons. The normalized spacial score (nSPS) is 23.3. The maximum atomic E-state index is 13.1. The predicted molar refractivity (Wildman–Crippen MR) is 90.5 cm³/mol. The molecule has 2 aliphatic rings. The van der Waals surface area contributed by atoms with Crippen LogP contribution in [0.15, 0.2) is 18.2 Å². The van der Waals surface area contributed by atoms with Crippen molar-refractivity contribution in [1.82, 2.24) is 10.2 Å². The van der Waals surface area contributed by atoms with Crippen molar-refractivity contribution in [3.63, 3.8) is 0 Å². The van der Waals surface area contributed by atoms with E-state index in [0.717, 1.165) is 11.1 Å². The number of carbonyl (C=O) groups is 3. The number of nitrogens with zero attached hydrogens (tertiary/aromatic N) is 1. The lowest BCUT2D eigenvalue weighted by atomic mass is 9.83. The fourth-order valence-corrected chi connectivity index (χ4v) is 3.69. The number of imide groups is 1. The molecule has 1 fully saturated rings. The number of amides is 3. The molecule has 0 spiro atoms. The Bertz CT molecular complexity index is 743.